The molecule has 2 aromatic carbocycles. The summed E-state index contributed by atoms with van der Waals surface area (Å²) in [6.07, 6.45) is 0.0589. The average Bonchev–Trinajstić information content (AvgIpc) is 2.55. The quantitative estimate of drug-likeness (QED) is 0.849. The molecule has 126 valence electrons. The van der Waals surface area contributed by atoms with Crippen LogP contribution >= 0.6 is 0 Å². The van der Waals surface area contributed by atoms with Crippen molar-refractivity contribution in [2.45, 2.75) is 13.3 Å². The van der Waals surface area contributed by atoms with Crippen LogP contribution in [0.3, 0.4) is 0 Å². The van der Waals surface area contributed by atoms with Gasteiger partial charge in [-0.15, -0.1) is 0 Å². The number of rotatable bonds is 7. The van der Waals surface area contributed by atoms with E-state index in [-0.39, 0.29) is 17.9 Å². The number of carbonyl (C=O) groups is 2. The van der Waals surface area contributed by atoms with Crippen molar-refractivity contribution in [3.63, 3.8) is 0 Å². The zero-order chi connectivity index (χ0) is 17.5. The van der Waals surface area contributed by atoms with Gasteiger partial charge in [-0.3, -0.25) is 4.79 Å². The fraction of sp³-hybridized carbons (Fsp3) is 0.263. The highest BCUT2D eigenvalue weighted by Gasteiger charge is 2.15. The molecule has 24 heavy (non-hydrogen) atoms. The molecule has 0 spiro atoms. The number of carboxylic acids is 1. The summed E-state index contributed by atoms with van der Waals surface area (Å²) < 4.78 is 5.63. The molecular weight excluding hydrogens is 306 g/mol. The van der Waals surface area contributed by atoms with Crippen molar-refractivity contribution in [3.05, 3.63) is 65.2 Å². The van der Waals surface area contributed by atoms with Crippen molar-refractivity contribution in [3.8, 4) is 5.75 Å². The van der Waals surface area contributed by atoms with E-state index in [1.165, 1.54) is 6.07 Å². The number of aryl methyl sites for hydroxylation is 1. The second kappa shape index (κ2) is 8.15. The van der Waals surface area contributed by atoms with E-state index >= 15 is 0 Å². The maximum Gasteiger partial charge on any atom is 0.335 e. The lowest BCUT2D eigenvalue weighted by molar-refractivity contribution is -0.129. The Labute approximate surface area is 141 Å². The van der Waals surface area contributed by atoms with Crippen molar-refractivity contribution in [1.29, 1.82) is 0 Å². The van der Waals surface area contributed by atoms with Crippen LogP contribution in [0.1, 0.15) is 21.5 Å². The second-order valence-electron chi connectivity index (χ2n) is 5.62. The van der Waals surface area contributed by atoms with E-state index in [4.69, 9.17) is 9.84 Å². The molecule has 0 saturated heterocycles. The molecule has 0 unspecified atom stereocenters. The minimum absolute atomic E-state index is 0.0589. The molecule has 0 radical (unpaired) electrons. The van der Waals surface area contributed by atoms with Gasteiger partial charge in [-0.05, 0) is 36.2 Å². The molecule has 1 amide bonds. The number of amides is 1. The van der Waals surface area contributed by atoms with Crippen LogP contribution in [0, 0.1) is 6.92 Å². The van der Waals surface area contributed by atoms with Gasteiger partial charge in [0.25, 0.3) is 0 Å². The van der Waals surface area contributed by atoms with Crippen molar-refractivity contribution in [2.75, 3.05) is 20.2 Å². The first kappa shape index (κ1) is 17.5. The average molecular weight is 327 g/mol. The summed E-state index contributed by atoms with van der Waals surface area (Å²) >= 11 is 0. The highest BCUT2D eigenvalue weighted by molar-refractivity contribution is 5.91. The summed E-state index contributed by atoms with van der Waals surface area (Å²) in [5.41, 5.74) is 1.79. The van der Waals surface area contributed by atoms with Crippen LogP contribution in [-0.4, -0.2) is 42.1 Å². The third-order valence-electron chi connectivity index (χ3n) is 3.70. The topological polar surface area (TPSA) is 66.8 Å². The lowest BCUT2D eigenvalue weighted by Gasteiger charge is -2.18. The first-order chi connectivity index (χ1) is 11.5. The first-order valence-electron chi connectivity index (χ1n) is 7.72. The van der Waals surface area contributed by atoms with Crippen LogP contribution in [-0.2, 0) is 11.2 Å². The Balaban J connectivity index is 1.87. The fourth-order valence-electron chi connectivity index (χ4n) is 2.31. The van der Waals surface area contributed by atoms with E-state index < -0.39 is 5.97 Å². The number of hydrogen-bond donors (Lipinski definition) is 1. The third-order valence-corrected chi connectivity index (χ3v) is 3.70. The Morgan fingerprint density at radius 2 is 1.88 bits per heavy atom. The zero-order valence-electron chi connectivity index (χ0n) is 13.9. The molecule has 0 saturated carbocycles. The van der Waals surface area contributed by atoms with E-state index in [1.54, 1.807) is 30.1 Å². The number of likely N-dealkylation sites (N-methyl/N-ethyl adjacent to an activating group) is 1. The lowest BCUT2D eigenvalue weighted by Crippen LogP contribution is -2.32. The van der Waals surface area contributed by atoms with Crippen molar-refractivity contribution < 1.29 is 19.4 Å². The number of carbonyl (C=O) groups excluding carboxylic acids is 1. The fourth-order valence-corrected chi connectivity index (χ4v) is 2.31. The van der Waals surface area contributed by atoms with E-state index in [9.17, 15) is 9.59 Å². The van der Waals surface area contributed by atoms with Crippen molar-refractivity contribution in [2.24, 2.45) is 0 Å². The second-order valence-corrected chi connectivity index (χ2v) is 5.62. The zero-order valence-corrected chi connectivity index (χ0v) is 13.9. The smallest absolute Gasteiger partial charge is 0.335 e. The van der Waals surface area contributed by atoms with E-state index in [1.807, 2.05) is 31.2 Å². The summed E-state index contributed by atoms with van der Waals surface area (Å²) in [5, 5.41) is 9.16. The van der Waals surface area contributed by atoms with Crippen molar-refractivity contribution in [1.82, 2.24) is 4.90 Å². The van der Waals surface area contributed by atoms with E-state index in [2.05, 4.69) is 0 Å². The predicted molar refractivity (Wildman–Crippen MR) is 91.4 cm³/mol. The van der Waals surface area contributed by atoms with Gasteiger partial charge in [0.2, 0.25) is 5.91 Å². The molecule has 0 aliphatic carbocycles. The molecule has 0 aromatic heterocycles. The van der Waals surface area contributed by atoms with Crippen LogP contribution in [0.15, 0.2) is 48.5 Å². The predicted octanol–water partition coefficient (Wildman–Crippen LogP) is 2.77. The molecule has 1 N–H and O–H groups in total. The maximum absolute atomic E-state index is 12.3. The molecule has 2 rings (SSSR count). The number of carboxylic acid groups (broad SMARTS) is 1. The van der Waals surface area contributed by atoms with Crippen LogP contribution < -0.4 is 4.74 Å². The molecule has 5 nitrogen and oxygen atoms in total. The Bertz CT molecular complexity index is 727. The summed E-state index contributed by atoms with van der Waals surface area (Å²) in [7, 11) is 1.69. The minimum atomic E-state index is -1.02. The number of aromatic carboxylic acids is 1. The molecule has 0 aliphatic heterocycles. The normalized spacial score (nSPS) is 10.2. The SMILES string of the molecule is Cc1cccc(OCCN(C)C(=O)Cc2ccccc2C(=O)O)c1. The van der Waals surface area contributed by atoms with E-state index in [0.29, 0.717) is 18.7 Å². The van der Waals surface area contributed by atoms with E-state index in [0.717, 1.165) is 11.3 Å². The number of nitrogens with zero attached hydrogens (tertiary/aromatic N) is 1. The molecule has 5 heteroatoms. The van der Waals surface area contributed by atoms with Gasteiger partial charge in [0.1, 0.15) is 12.4 Å². The molecule has 0 fully saturated rings. The third kappa shape index (κ3) is 4.84. The van der Waals surface area contributed by atoms with Gasteiger partial charge in [-0.1, -0.05) is 30.3 Å². The summed E-state index contributed by atoms with van der Waals surface area (Å²) in [6, 6.07) is 14.3. The van der Waals surface area contributed by atoms with Gasteiger partial charge in [-0.25, -0.2) is 4.79 Å². The Morgan fingerprint density at radius 3 is 2.58 bits per heavy atom. The summed E-state index contributed by atoms with van der Waals surface area (Å²) in [6.45, 7) is 2.80. The largest absolute Gasteiger partial charge is 0.492 e. The maximum atomic E-state index is 12.3. The molecular formula is C19H21NO4. The number of ether oxygens (including phenoxy) is 1. The molecule has 0 bridgehead atoms. The monoisotopic (exact) mass is 327 g/mol. The Hall–Kier alpha value is -2.82. The summed E-state index contributed by atoms with van der Waals surface area (Å²) in [4.78, 5) is 25.0. The standard InChI is InChI=1S/C19H21NO4/c1-14-6-5-8-16(12-14)24-11-10-20(2)18(21)13-15-7-3-4-9-17(15)19(22)23/h3-9,12H,10-11,13H2,1-2H3,(H,22,23). The molecule has 0 atom stereocenters. The number of hydrogen-bond acceptors (Lipinski definition) is 3. The van der Waals surface area contributed by atoms with Gasteiger partial charge in [0.15, 0.2) is 0 Å². The number of benzene rings is 2. The van der Waals surface area contributed by atoms with Crippen LogP contribution in [0.4, 0.5) is 0 Å². The summed E-state index contributed by atoms with van der Waals surface area (Å²) in [5.74, 6) is -0.396. The highest BCUT2D eigenvalue weighted by atomic mass is 16.5. The van der Waals surface area contributed by atoms with Gasteiger partial charge < -0.3 is 14.7 Å². The van der Waals surface area contributed by atoms with Gasteiger partial charge in [0, 0.05) is 7.05 Å². The highest BCUT2D eigenvalue weighted by Crippen LogP contribution is 2.13. The van der Waals surface area contributed by atoms with Gasteiger partial charge in [-0.2, -0.15) is 0 Å². The first-order valence-corrected chi connectivity index (χ1v) is 7.72. The minimum Gasteiger partial charge on any atom is -0.492 e. The van der Waals surface area contributed by atoms with Crippen LogP contribution in [0.5, 0.6) is 5.75 Å². The molecule has 0 aliphatic rings. The lowest BCUT2D eigenvalue weighted by atomic mass is 10.0. The van der Waals surface area contributed by atoms with Gasteiger partial charge in [0.05, 0.1) is 18.5 Å². The van der Waals surface area contributed by atoms with Crippen molar-refractivity contribution >= 4 is 11.9 Å². The van der Waals surface area contributed by atoms with Crippen LogP contribution in [0.2, 0.25) is 0 Å². The molecule has 0 heterocycles. The molecule has 2 aromatic rings. The Kier molecular flexibility index (Phi) is 5.95. The Morgan fingerprint density at radius 1 is 1.12 bits per heavy atom. The van der Waals surface area contributed by atoms with Gasteiger partial charge >= 0.3 is 5.97 Å². The van der Waals surface area contributed by atoms with Crippen LogP contribution in [0.25, 0.3) is 0 Å².